The third kappa shape index (κ3) is 6.69. The number of likely N-dealkylation sites (tertiary alicyclic amines) is 2. The zero-order valence-corrected chi connectivity index (χ0v) is 18.3. The van der Waals surface area contributed by atoms with Gasteiger partial charge in [-0.1, -0.05) is 36.8 Å². The van der Waals surface area contributed by atoms with Gasteiger partial charge in [0.05, 0.1) is 13.2 Å². The van der Waals surface area contributed by atoms with Crippen LogP contribution in [0.15, 0.2) is 35.3 Å². The van der Waals surface area contributed by atoms with Crippen molar-refractivity contribution in [2.45, 2.75) is 44.2 Å². The second-order valence-electron chi connectivity index (χ2n) is 8.47. The lowest BCUT2D eigenvalue weighted by molar-refractivity contribution is 0.0173. The summed E-state index contributed by atoms with van der Waals surface area (Å²) in [6.45, 7) is 7.87. The van der Waals surface area contributed by atoms with Crippen molar-refractivity contribution in [2.24, 2.45) is 4.99 Å². The first kappa shape index (κ1) is 22.1. The van der Waals surface area contributed by atoms with Crippen molar-refractivity contribution in [3.8, 4) is 0 Å². The molecule has 1 aromatic carbocycles. The van der Waals surface area contributed by atoms with Gasteiger partial charge in [-0.15, -0.1) is 0 Å². The maximum atomic E-state index is 5.78. The molecule has 1 aromatic rings. The summed E-state index contributed by atoms with van der Waals surface area (Å²) in [6, 6.07) is 10.3. The molecule has 2 aliphatic rings. The molecule has 0 bridgehead atoms. The lowest BCUT2D eigenvalue weighted by atomic mass is 9.84. The van der Waals surface area contributed by atoms with E-state index in [1.54, 1.807) is 0 Å². The predicted molar refractivity (Wildman–Crippen MR) is 120 cm³/mol. The molecule has 2 heterocycles. The fourth-order valence-electron chi connectivity index (χ4n) is 4.48. The molecule has 2 N–H and O–H groups in total. The summed E-state index contributed by atoms with van der Waals surface area (Å²) in [4.78, 5) is 9.64. The molecule has 2 fully saturated rings. The smallest absolute Gasteiger partial charge is 0.191 e. The highest BCUT2D eigenvalue weighted by Crippen LogP contribution is 2.30. The van der Waals surface area contributed by atoms with Crippen molar-refractivity contribution in [2.75, 3.05) is 60.0 Å². The predicted octanol–water partition coefficient (Wildman–Crippen LogP) is 2.32. The Bertz CT molecular complexity index is 607. The molecule has 6 heteroatoms. The SMILES string of the molecule is CN=C(NCCOCc1ccccc1)NCC1(N2CCCCC2)CCN(C)CC1. The van der Waals surface area contributed by atoms with E-state index in [0.717, 1.165) is 19.0 Å². The van der Waals surface area contributed by atoms with Crippen LogP contribution in [0.1, 0.15) is 37.7 Å². The molecule has 0 aliphatic carbocycles. The molecule has 0 amide bonds. The maximum absolute atomic E-state index is 5.78. The van der Waals surface area contributed by atoms with Gasteiger partial charge in [0.2, 0.25) is 0 Å². The number of hydrogen-bond acceptors (Lipinski definition) is 4. The van der Waals surface area contributed by atoms with Gasteiger partial charge in [-0.05, 0) is 64.5 Å². The third-order valence-corrected chi connectivity index (χ3v) is 6.40. The first-order valence-electron chi connectivity index (χ1n) is 11.2. The topological polar surface area (TPSA) is 52.1 Å². The molecule has 0 saturated carbocycles. The van der Waals surface area contributed by atoms with E-state index in [2.05, 4.69) is 44.6 Å². The average molecular weight is 402 g/mol. The average Bonchev–Trinajstić information content (AvgIpc) is 2.78. The van der Waals surface area contributed by atoms with E-state index >= 15 is 0 Å². The standard InChI is InChI=1S/C23H39N5O/c1-24-22(25-13-18-29-19-21-9-5-3-6-10-21)26-20-23(11-16-27(2)17-12-23)28-14-7-4-8-15-28/h3,5-6,9-10H,4,7-8,11-20H2,1-2H3,(H2,24,25,26). The highest BCUT2D eigenvalue weighted by atomic mass is 16.5. The lowest BCUT2D eigenvalue weighted by Crippen LogP contribution is -2.62. The molecule has 3 rings (SSSR count). The molecular formula is C23H39N5O. The summed E-state index contributed by atoms with van der Waals surface area (Å²) >= 11 is 0. The summed E-state index contributed by atoms with van der Waals surface area (Å²) in [5.41, 5.74) is 1.47. The van der Waals surface area contributed by atoms with Crippen LogP contribution in [0.2, 0.25) is 0 Å². The van der Waals surface area contributed by atoms with Crippen molar-refractivity contribution in [3.63, 3.8) is 0 Å². The summed E-state index contributed by atoms with van der Waals surface area (Å²) in [6.07, 6.45) is 6.51. The normalized spacial score (nSPS) is 21.1. The number of nitrogens with one attached hydrogen (secondary N) is 2. The monoisotopic (exact) mass is 401 g/mol. The van der Waals surface area contributed by atoms with E-state index in [0.29, 0.717) is 13.2 Å². The number of nitrogens with zero attached hydrogens (tertiary/aromatic N) is 3. The molecule has 29 heavy (non-hydrogen) atoms. The second-order valence-corrected chi connectivity index (χ2v) is 8.47. The van der Waals surface area contributed by atoms with Crippen LogP contribution < -0.4 is 10.6 Å². The van der Waals surface area contributed by atoms with Gasteiger partial charge in [0.25, 0.3) is 0 Å². The lowest BCUT2D eigenvalue weighted by Gasteiger charge is -2.50. The minimum atomic E-state index is 0.258. The molecule has 2 saturated heterocycles. The number of piperidine rings is 2. The number of hydrogen-bond donors (Lipinski definition) is 2. The minimum absolute atomic E-state index is 0.258. The Labute approximate surface area is 176 Å². The number of ether oxygens (including phenoxy) is 1. The molecule has 0 unspecified atom stereocenters. The molecular weight excluding hydrogens is 362 g/mol. The van der Waals surface area contributed by atoms with Crippen molar-refractivity contribution >= 4 is 5.96 Å². The molecule has 0 radical (unpaired) electrons. The Morgan fingerprint density at radius 3 is 2.45 bits per heavy atom. The number of benzene rings is 1. The van der Waals surface area contributed by atoms with Gasteiger partial charge >= 0.3 is 0 Å². The van der Waals surface area contributed by atoms with Crippen LogP contribution in [0, 0.1) is 0 Å². The quantitative estimate of drug-likeness (QED) is 0.398. The molecule has 0 atom stereocenters. The summed E-state index contributed by atoms with van der Waals surface area (Å²) in [5, 5.41) is 7.03. The van der Waals surface area contributed by atoms with Crippen LogP contribution >= 0.6 is 0 Å². The minimum Gasteiger partial charge on any atom is -0.375 e. The van der Waals surface area contributed by atoms with Crippen LogP contribution in [-0.2, 0) is 11.3 Å². The zero-order chi connectivity index (χ0) is 20.4. The van der Waals surface area contributed by atoms with Crippen LogP contribution in [0.4, 0.5) is 0 Å². The van der Waals surface area contributed by atoms with Gasteiger partial charge in [0, 0.05) is 25.7 Å². The molecule has 0 spiro atoms. The van der Waals surface area contributed by atoms with Gasteiger partial charge in [-0.25, -0.2) is 0 Å². The summed E-state index contributed by atoms with van der Waals surface area (Å²) < 4.78 is 5.78. The van der Waals surface area contributed by atoms with Gasteiger partial charge in [-0.2, -0.15) is 0 Å². The van der Waals surface area contributed by atoms with E-state index in [-0.39, 0.29) is 5.54 Å². The van der Waals surface area contributed by atoms with Gasteiger partial charge < -0.3 is 20.3 Å². The highest BCUT2D eigenvalue weighted by Gasteiger charge is 2.39. The number of rotatable bonds is 8. The Morgan fingerprint density at radius 1 is 1.03 bits per heavy atom. The van der Waals surface area contributed by atoms with Gasteiger partial charge in [0.15, 0.2) is 5.96 Å². The first-order chi connectivity index (χ1) is 14.2. The second kappa shape index (κ2) is 11.5. The van der Waals surface area contributed by atoms with Crippen LogP contribution in [0.5, 0.6) is 0 Å². The Balaban J connectivity index is 1.43. The largest absolute Gasteiger partial charge is 0.375 e. The van der Waals surface area contributed by atoms with Crippen molar-refractivity contribution < 1.29 is 4.74 Å². The molecule has 0 aromatic heterocycles. The number of guanidine groups is 1. The van der Waals surface area contributed by atoms with Crippen molar-refractivity contribution in [3.05, 3.63) is 35.9 Å². The van der Waals surface area contributed by atoms with Crippen molar-refractivity contribution in [1.29, 1.82) is 0 Å². The van der Waals surface area contributed by atoms with E-state index in [1.165, 1.54) is 63.8 Å². The van der Waals surface area contributed by atoms with Gasteiger partial charge in [-0.3, -0.25) is 9.89 Å². The highest BCUT2D eigenvalue weighted by molar-refractivity contribution is 5.79. The molecule has 6 nitrogen and oxygen atoms in total. The van der Waals surface area contributed by atoms with Crippen LogP contribution in [0.3, 0.4) is 0 Å². The number of aliphatic imine (C=N–C) groups is 1. The maximum Gasteiger partial charge on any atom is 0.191 e. The third-order valence-electron chi connectivity index (χ3n) is 6.40. The first-order valence-corrected chi connectivity index (χ1v) is 11.2. The Morgan fingerprint density at radius 2 is 1.76 bits per heavy atom. The fourth-order valence-corrected chi connectivity index (χ4v) is 4.48. The Kier molecular flexibility index (Phi) is 8.77. The van der Waals surface area contributed by atoms with E-state index in [9.17, 15) is 0 Å². The van der Waals surface area contributed by atoms with Crippen molar-refractivity contribution in [1.82, 2.24) is 20.4 Å². The summed E-state index contributed by atoms with van der Waals surface area (Å²) in [5.74, 6) is 0.878. The van der Waals surface area contributed by atoms with Crippen LogP contribution in [0.25, 0.3) is 0 Å². The Hall–Kier alpha value is -1.63. The molecule has 2 aliphatic heterocycles. The van der Waals surface area contributed by atoms with Crippen LogP contribution in [-0.4, -0.2) is 81.3 Å². The van der Waals surface area contributed by atoms with E-state index < -0.39 is 0 Å². The summed E-state index contributed by atoms with van der Waals surface area (Å²) in [7, 11) is 4.09. The zero-order valence-electron chi connectivity index (χ0n) is 18.3. The van der Waals surface area contributed by atoms with E-state index in [1.807, 2.05) is 25.2 Å². The van der Waals surface area contributed by atoms with E-state index in [4.69, 9.17) is 4.74 Å². The fraction of sp³-hybridized carbons (Fsp3) is 0.696. The molecule has 162 valence electrons. The van der Waals surface area contributed by atoms with Gasteiger partial charge in [0.1, 0.15) is 0 Å².